The molecule has 1 aromatic carbocycles. The highest BCUT2D eigenvalue weighted by Gasteiger charge is 2.42. The summed E-state index contributed by atoms with van der Waals surface area (Å²) in [6.07, 6.45) is 3.63. The van der Waals surface area contributed by atoms with E-state index in [1.165, 1.54) is 7.11 Å². The Morgan fingerprint density at radius 3 is 2.23 bits per heavy atom. The number of esters is 2. The fourth-order valence-electron chi connectivity index (χ4n) is 4.44. The van der Waals surface area contributed by atoms with Crippen LogP contribution in [0, 0.1) is 11.3 Å². The first-order chi connectivity index (χ1) is 16.3. The number of carbonyl (C=O) groups is 3. The Labute approximate surface area is 209 Å². The van der Waals surface area contributed by atoms with Crippen LogP contribution in [0.2, 0.25) is 0 Å². The first-order valence-electron chi connectivity index (χ1n) is 12.3. The predicted molar refractivity (Wildman–Crippen MR) is 136 cm³/mol. The third-order valence-corrected chi connectivity index (χ3v) is 6.93. The van der Waals surface area contributed by atoms with Crippen LogP contribution < -0.4 is 0 Å². The number of nitrogens with zero attached hydrogens (tertiary/aromatic N) is 1. The largest absolute Gasteiger partial charge is 0.469 e. The minimum absolute atomic E-state index is 0.0829. The van der Waals surface area contributed by atoms with Gasteiger partial charge in [0.1, 0.15) is 5.60 Å². The molecule has 35 heavy (non-hydrogen) atoms. The van der Waals surface area contributed by atoms with Crippen molar-refractivity contribution in [1.82, 2.24) is 0 Å². The molecule has 0 saturated carbocycles. The molecule has 0 spiro atoms. The number of hydrogen-bond donors (Lipinski definition) is 0. The Kier molecular flexibility index (Phi) is 9.40. The topological polar surface area (TPSA) is 91.3 Å². The van der Waals surface area contributed by atoms with Crippen molar-refractivity contribution >= 4 is 23.4 Å². The molecule has 3 atom stereocenters. The Morgan fingerprint density at radius 2 is 1.77 bits per heavy atom. The SMILES string of the molecule is CCC1(c2ccc(C(=O)C(C(=O)OC(C)(C)C)/C(C)=N\C)cc2)CCC(C)(CCC(=O)OC)CO1. The minimum atomic E-state index is -1.08. The van der Waals surface area contributed by atoms with Gasteiger partial charge in [-0.25, -0.2) is 0 Å². The van der Waals surface area contributed by atoms with Crippen molar-refractivity contribution in [2.24, 2.45) is 16.3 Å². The lowest BCUT2D eigenvalue weighted by molar-refractivity contribution is -0.156. The summed E-state index contributed by atoms with van der Waals surface area (Å²) in [6.45, 7) is 11.8. The van der Waals surface area contributed by atoms with E-state index in [4.69, 9.17) is 14.2 Å². The molecule has 0 N–H and O–H groups in total. The van der Waals surface area contributed by atoms with Crippen LogP contribution in [-0.2, 0) is 29.4 Å². The zero-order valence-electron chi connectivity index (χ0n) is 22.5. The molecule has 3 unspecified atom stereocenters. The van der Waals surface area contributed by atoms with Gasteiger partial charge in [0.15, 0.2) is 11.7 Å². The van der Waals surface area contributed by atoms with Crippen LogP contribution in [0.4, 0.5) is 0 Å². The van der Waals surface area contributed by atoms with Crippen molar-refractivity contribution < 1.29 is 28.6 Å². The summed E-state index contributed by atoms with van der Waals surface area (Å²) < 4.78 is 16.7. The maximum Gasteiger partial charge on any atom is 0.323 e. The molecule has 7 nitrogen and oxygen atoms in total. The lowest BCUT2D eigenvalue weighted by Crippen LogP contribution is -2.41. The highest BCUT2D eigenvalue weighted by Crippen LogP contribution is 2.46. The molecule has 1 aliphatic heterocycles. The van der Waals surface area contributed by atoms with Gasteiger partial charge in [0, 0.05) is 24.7 Å². The first kappa shape index (κ1) is 28.7. The van der Waals surface area contributed by atoms with E-state index < -0.39 is 23.1 Å². The van der Waals surface area contributed by atoms with Gasteiger partial charge in [0.2, 0.25) is 0 Å². The standard InChI is InChI=1S/C28H41NO6/c1-9-28(17-16-27(6,18-34-28)15-14-22(30)33-8)21-12-10-20(11-13-21)24(31)23(19(2)29-7)25(32)35-26(3,4)5/h10-13,23H,9,14-18H2,1-8H3/b29-19-. The second kappa shape index (κ2) is 11.5. The molecule has 0 bridgehead atoms. The highest BCUT2D eigenvalue weighted by molar-refractivity contribution is 6.23. The van der Waals surface area contributed by atoms with Gasteiger partial charge in [-0.3, -0.25) is 19.4 Å². The van der Waals surface area contributed by atoms with Crippen LogP contribution >= 0.6 is 0 Å². The summed E-state index contributed by atoms with van der Waals surface area (Å²) in [5.74, 6) is -2.21. The predicted octanol–water partition coefficient (Wildman–Crippen LogP) is 5.29. The number of hydrogen-bond acceptors (Lipinski definition) is 7. The Hall–Kier alpha value is -2.54. The lowest BCUT2D eigenvalue weighted by atomic mass is 9.73. The third kappa shape index (κ3) is 7.23. The quantitative estimate of drug-likeness (QED) is 0.203. The van der Waals surface area contributed by atoms with Crippen LogP contribution in [-0.4, -0.2) is 49.8 Å². The fourth-order valence-corrected chi connectivity index (χ4v) is 4.44. The Morgan fingerprint density at radius 1 is 1.14 bits per heavy atom. The van der Waals surface area contributed by atoms with Crippen molar-refractivity contribution in [2.75, 3.05) is 20.8 Å². The van der Waals surface area contributed by atoms with Crippen molar-refractivity contribution in [3.63, 3.8) is 0 Å². The smallest absolute Gasteiger partial charge is 0.323 e. The monoisotopic (exact) mass is 487 g/mol. The molecular weight excluding hydrogens is 446 g/mol. The normalized spacial score (nSPS) is 23.9. The van der Waals surface area contributed by atoms with Crippen LogP contribution in [0.15, 0.2) is 29.3 Å². The third-order valence-electron chi connectivity index (χ3n) is 6.93. The number of ketones is 1. The molecule has 1 saturated heterocycles. The van der Waals surface area contributed by atoms with E-state index in [1.54, 1.807) is 46.9 Å². The number of methoxy groups -OCH3 is 1. The summed E-state index contributed by atoms with van der Waals surface area (Å²) in [6, 6.07) is 7.34. The number of carbonyl (C=O) groups excluding carboxylic acids is 3. The first-order valence-corrected chi connectivity index (χ1v) is 12.3. The van der Waals surface area contributed by atoms with Crippen LogP contribution in [0.25, 0.3) is 0 Å². The second-order valence-corrected chi connectivity index (χ2v) is 10.8. The minimum Gasteiger partial charge on any atom is -0.469 e. The Bertz CT molecular complexity index is 933. The van der Waals surface area contributed by atoms with E-state index in [9.17, 15) is 14.4 Å². The van der Waals surface area contributed by atoms with Gasteiger partial charge in [-0.05, 0) is 64.4 Å². The van der Waals surface area contributed by atoms with Gasteiger partial charge < -0.3 is 14.2 Å². The van der Waals surface area contributed by atoms with Crippen molar-refractivity contribution in [1.29, 1.82) is 0 Å². The highest BCUT2D eigenvalue weighted by atomic mass is 16.6. The average Bonchev–Trinajstić information content (AvgIpc) is 2.82. The van der Waals surface area contributed by atoms with E-state index >= 15 is 0 Å². The molecule has 0 radical (unpaired) electrons. The summed E-state index contributed by atoms with van der Waals surface area (Å²) in [5.41, 5.74) is 0.613. The summed E-state index contributed by atoms with van der Waals surface area (Å²) in [4.78, 5) is 41.8. The number of Topliss-reactive ketones (excluding diaryl/α,β-unsaturated/α-hetero) is 1. The van der Waals surface area contributed by atoms with E-state index in [1.807, 2.05) is 12.1 Å². The summed E-state index contributed by atoms with van der Waals surface area (Å²) in [5, 5.41) is 0. The molecule has 1 aliphatic rings. The number of benzene rings is 1. The van der Waals surface area contributed by atoms with Gasteiger partial charge in [-0.15, -0.1) is 0 Å². The van der Waals surface area contributed by atoms with Gasteiger partial charge >= 0.3 is 11.9 Å². The van der Waals surface area contributed by atoms with E-state index in [-0.39, 0.29) is 17.2 Å². The van der Waals surface area contributed by atoms with E-state index in [2.05, 4.69) is 18.8 Å². The van der Waals surface area contributed by atoms with Gasteiger partial charge in [-0.2, -0.15) is 0 Å². The van der Waals surface area contributed by atoms with Gasteiger partial charge in [-0.1, -0.05) is 38.1 Å². The maximum atomic E-state index is 13.3. The summed E-state index contributed by atoms with van der Waals surface area (Å²) in [7, 11) is 2.97. The average molecular weight is 488 g/mol. The van der Waals surface area contributed by atoms with Crippen molar-refractivity contribution in [3.05, 3.63) is 35.4 Å². The lowest BCUT2D eigenvalue weighted by Gasteiger charge is -2.45. The molecule has 0 aromatic heterocycles. The number of ether oxygens (including phenoxy) is 3. The molecule has 0 aliphatic carbocycles. The Balaban J connectivity index is 2.20. The fraction of sp³-hybridized carbons (Fsp3) is 0.643. The second-order valence-electron chi connectivity index (χ2n) is 10.8. The molecule has 7 heteroatoms. The number of rotatable bonds is 9. The van der Waals surface area contributed by atoms with E-state index in [0.717, 1.165) is 31.2 Å². The molecule has 1 fully saturated rings. The zero-order valence-corrected chi connectivity index (χ0v) is 22.5. The molecule has 1 heterocycles. The van der Waals surface area contributed by atoms with Crippen LogP contribution in [0.1, 0.15) is 89.6 Å². The van der Waals surface area contributed by atoms with Crippen LogP contribution in [0.3, 0.4) is 0 Å². The van der Waals surface area contributed by atoms with Gasteiger partial charge in [0.05, 0.1) is 19.3 Å². The van der Waals surface area contributed by atoms with Crippen molar-refractivity contribution in [3.8, 4) is 0 Å². The van der Waals surface area contributed by atoms with Crippen molar-refractivity contribution in [2.45, 2.75) is 84.8 Å². The zero-order chi connectivity index (χ0) is 26.4. The molecule has 2 rings (SSSR count). The molecular formula is C28H41NO6. The van der Waals surface area contributed by atoms with Gasteiger partial charge in [0.25, 0.3) is 0 Å². The van der Waals surface area contributed by atoms with E-state index in [0.29, 0.717) is 24.3 Å². The molecule has 0 amide bonds. The number of aliphatic imine (C=N–C) groups is 1. The molecule has 194 valence electrons. The molecule has 1 aromatic rings. The summed E-state index contributed by atoms with van der Waals surface area (Å²) >= 11 is 0. The maximum absolute atomic E-state index is 13.3. The van der Waals surface area contributed by atoms with Crippen LogP contribution in [0.5, 0.6) is 0 Å².